The molecule has 1 unspecified atom stereocenters. The summed E-state index contributed by atoms with van der Waals surface area (Å²) in [5, 5.41) is 5.38. The van der Waals surface area contributed by atoms with Gasteiger partial charge in [0.15, 0.2) is 5.13 Å². The molecule has 0 radical (unpaired) electrons. The van der Waals surface area contributed by atoms with Gasteiger partial charge in [-0.1, -0.05) is 11.3 Å². The maximum atomic E-state index is 5.30. The van der Waals surface area contributed by atoms with Crippen LogP contribution in [-0.4, -0.2) is 52.5 Å². The predicted molar refractivity (Wildman–Crippen MR) is 101 cm³/mol. The van der Waals surface area contributed by atoms with Crippen LogP contribution in [0.5, 0.6) is 5.75 Å². The summed E-state index contributed by atoms with van der Waals surface area (Å²) in [6.07, 6.45) is 4.06. The molecule has 1 aliphatic rings. The van der Waals surface area contributed by atoms with Crippen molar-refractivity contribution in [1.82, 2.24) is 19.7 Å². The molecule has 0 aliphatic carbocycles. The first-order valence-electron chi connectivity index (χ1n) is 8.53. The number of aromatic nitrogens is 3. The highest BCUT2D eigenvalue weighted by atomic mass is 32.1. The van der Waals surface area contributed by atoms with E-state index in [9.17, 15) is 0 Å². The van der Waals surface area contributed by atoms with Crippen molar-refractivity contribution in [1.29, 1.82) is 0 Å². The molecule has 0 amide bonds. The number of nitrogens with zero attached hydrogens (tertiary/aromatic N) is 5. The summed E-state index contributed by atoms with van der Waals surface area (Å²) in [4.78, 5) is 9.75. The van der Waals surface area contributed by atoms with E-state index < -0.39 is 0 Å². The molecule has 1 fully saturated rings. The van der Waals surface area contributed by atoms with Gasteiger partial charge in [0, 0.05) is 57.1 Å². The molecular formula is C18H23N5OS. The summed E-state index contributed by atoms with van der Waals surface area (Å²) in [5.41, 5.74) is 2.29. The molecule has 4 rings (SSSR count). The molecule has 0 bridgehead atoms. The first kappa shape index (κ1) is 16.4. The lowest BCUT2D eigenvalue weighted by molar-refractivity contribution is 0.181. The van der Waals surface area contributed by atoms with Crippen molar-refractivity contribution in [2.24, 2.45) is 7.05 Å². The van der Waals surface area contributed by atoms with E-state index in [1.165, 1.54) is 10.3 Å². The van der Waals surface area contributed by atoms with Crippen LogP contribution in [0.2, 0.25) is 0 Å². The zero-order valence-electron chi connectivity index (χ0n) is 14.8. The van der Waals surface area contributed by atoms with E-state index in [4.69, 9.17) is 9.72 Å². The molecule has 0 saturated carbocycles. The third-order valence-corrected chi connectivity index (χ3v) is 5.86. The Balaban J connectivity index is 1.46. The van der Waals surface area contributed by atoms with Gasteiger partial charge >= 0.3 is 0 Å². The van der Waals surface area contributed by atoms with Crippen LogP contribution in [0.25, 0.3) is 10.2 Å². The molecule has 1 saturated heterocycles. The second-order valence-electron chi connectivity index (χ2n) is 6.62. The number of methoxy groups -OCH3 is 1. The third-order valence-electron chi connectivity index (χ3n) is 4.76. The summed E-state index contributed by atoms with van der Waals surface area (Å²) in [6, 6.07) is 6.59. The van der Waals surface area contributed by atoms with E-state index in [2.05, 4.69) is 34.1 Å². The summed E-state index contributed by atoms with van der Waals surface area (Å²) < 4.78 is 8.38. The maximum Gasteiger partial charge on any atom is 0.186 e. The Morgan fingerprint density at radius 3 is 2.92 bits per heavy atom. The van der Waals surface area contributed by atoms with Gasteiger partial charge < -0.3 is 9.64 Å². The molecule has 25 heavy (non-hydrogen) atoms. The molecule has 3 aromatic rings. The second-order valence-corrected chi connectivity index (χ2v) is 7.63. The van der Waals surface area contributed by atoms with Crippen LogP contribution in [-0.2, 0) is 13.6 Å². The monoisotopic (exact) mass is 357 g/mol. The summed E-state index contributed by atoms with van der Waals surface area (Å²) >= 11 is 1.76. The maximum absolute atomic E-state index is 5.30. The number of piperazine rings is 1. The van der Waals surface area contributed by atoms with Gasteiger partial charge in [0.05, 0.1) is 23.5 Å². The highest BCUT2D eigenvalue weighted by molar-refractivity contribution is 7.22. The fourth-order valence-corrected chi connectivity index (χ4v) is 4.33. The second kappa shape index (κ2) is 6.65. The van der Waals surface area contributed by atoms with Gasteiger partial charge in [-0.25, -0.2) is 4.98 Å². The number of aryl methyl sites for hydroxylation is 1. The van der Waals surface area contributed by atoms with Gasteiger partial charge in [0.2, 0.25) is 0 Å². The Hall–Kier alpha value is -2.12. The number of benzene rings is 1. The third kappa shape index (κ3) is 3.34. The number of hydrogen-bond donors (Lipinski definition) is 0. The first-order valence-corrected chi connectivity index (χ1v) is 9.35. The Labute approximate surface area is 151 Å². The van der Waals surface area contributed by atoms with E-state index in [1.807, 2.05) is 30.1 Å². The van der Waals surface area contributed by atoms with Crippen LogP contribution in [0.3, 0.4) is 0 Å². The highest BCUT2D eigenvalue weighted by Gasteiger charge is 2.25. The first-order chi connectivity index (χ1) is 12.1. The smallest absolute Gasteiger partial charge is 0.186 e. The van der Waals surface area contributed by atoms with Crippen molar-refractivity contribution in [2.45, 2.75) is 19.5 Å². The normalized spacial score (nSPS) is 18.8. The molecule has 7 heteroatoms. The minimum atomic E-state index is 0.482. The van der Waals surface area contributed by atoms with Crippen LogP contribution in [0.1, 0.15) is 12.5 Å². The molecule has 1 atom stereocenters. The van der Waals surface area contributed by atoms with Gasteiger partial charge in [0.25, 0.3) is 0 Å². The van der Waals surface area contributed by atoms with Gasteiger partial charge in [-0.05, 0) is 19.1 Å². The Bertz CT molecular complexity index is 873. The molecule has 3 heterocycles. The average Bonchev–Trinajstić information content (AvgIpc) is 3.21. The van der Waals surface area contributed by atoms with Crippen molar-refractivity contribution < 1.29 is 4.74 Å². The molecule has 1 aliphatic heterocycles. The fourth-order valence-electron chi connectivity index (χ4n) is 3.35. The lowest BCUT2D eigenvalue weighted by atomic mass is 10.2. The lowest BCUT2D eigenvalue weighted by Gasteiger charge is -2.39. The zero-order valence-corrected chi connectivity index (χ0v) is 15.7. The minimum Gasteiger partial charge on any atom is -0.497 e. The van der Waals surface area contributed by atoms with Crippen LogP contribution in [0.4, 0.5) is 5.13 Å². The quantitative estimate of drug-likeness (QED) is 0.718. The van der Waals surface area contributed by atoms with Gasteiger partial charge in [0.1, 0.15) is 5.75 Å². The molecular weight excluding hydrogens is 334 g/mol. The van der Waals surface area contributed by atoms with Gasteiger partial charge in [-0.2, -0.15) is 5.10 Å². The van der Waals surface area contributed by atoms with Gasteiger partial charge in [-0.15, -0.1) is 0 Å². The molecule has 2 aromatic heterocycles. The van der Waals surface area contributed by atoms with Crippen molar-refractivity contribution in [3.63, 3.8) is 0 Å². The minimum absolute atomic E-state index is 0.482. The number of hydrogen-bond acceptors (Lipinski definition) is 6. The lowest BCUT2D eigenvalue weighted by Crippen LogP contribution is -2.51. The van der Waals surface area contributed by atoms with E-state index >= 15 is 0 Å². The van der Waals surface area contributed by atoms with Gasteiger partial charge in [-0.3, -0.25) is 9.58 Å². The number of ether oxygens (including phenoxy) is 1. The Morgan fingerprint density at radius 1 is 1.32 bits per heavy atom. The largest absolute Gasteiger partial charge is 0.497 e. The highest BCUT2D eigenvalue weighted by Crippen LogP contribution is 2.32. The van der Waals surface area contributed by atoms with E-state index in [1.54, 1.807) is 18.4 Å². The molecule has 1 aromatic carbocycles. The van der Waals surface area contributed by atoms with Crippen molar-refractivity contribution in [3.8, 4) is 5.75 Å². The van der Waals surface area contributed by atoms with E-state index in [-0.39, 0.29) is 0 Å². The molecule has 0 spiro atoms. The zero-order chi connectivity index (χ0) is 17.4. The number of thiazole rings is 1. The topological polar surface area (TPSA) is 46.4 Å². The van der Waals surface area contributed by atoms with Crippen LogP contribution >= 0.6 is 11.3 Å². The number of rotatable bonds is 4. The summed E-state index contributed by atoms with van der Waals surface area (Å²) in [5.74, 6) is 0.860. The predicted octanol–water partition coefficient (Wildman–Crippen LogP) is 2.75. The van der Waals surface area contributed by atoms with E-state index in [0.717, 1.165) is 42.6 Å². The SMILES string of the molecule is COc1ccc2sc(N3CCN(Cc4cnn(C)c4)C(C)C3)nc2c1. The van der Waals surface area contributed by atoms with Crippen molar-refractivity contribution in [3.05, 3.63) is 36.2 Å². The standard InChI is InChI=1S/C18H23N5OS/c1-13-10-23(7-6-22(13)12-14-9-19-21(2)11-14)18-20-16-8-15(24-3)4-5-17(16)25-18/h4-5,8-9,11,13H,6-7,10,12H2,1-3H3. The average molecular weight is 357 g/mol. The van der Waals surface area contributed by atoms with Crippen LogP contribution in [0, 0.1) is 0 Å². The number of fused-ring (bicyclic) bond motifs is 1. The fraction of sp³-hybridized carbons (Fsp3) is 0.444. The van der Waals surface area contributed by atoms with Crippen molar-refractivity contribution >= 4 is 26.7 Å². The Morgan fingerprint density at radius 2 is 2.20 bits per heavy atom. The van der Waals surface area contributed by atoms with E-state index in [0.29, 0.717) is 6.04 Å². The van der Waals surface area contributed by atoms with Crippen molar-refractivity contribution in [2.75, 3.05) is 31.6 Å². The summed E-state index contributed by atoms with van der Waals surface area (Å²) in [6.45, 7) is 6.28. The molecule has 132 valence electrons. The molecule has 6 nitrogen and oxygen atoms in total. The Kier molecular flexibility index (Phi) is 4.35. The van der Waals surface area contributed by atoms with Crippen LogP contribution < -0.4 is 9.64 Å². The molecule has 0 N–H and O–H groups in total. The summed E-state index contributed by atoms with van der Waals surface area (Å²) in [7, 11) is 3.66. The number of anilines is 1. The van der Waals surface area contributed by atoms with Crippen LogP contribution in [0.15, 0.2) is 30.6 Å².